The first-order chi connectivity index (χ1) is 10.8. The zero-order valence-corrected chi connectivity index (χ0v) is 13.2. The maximum Gasteiger partial charge on any atom is 0.254 e. The van der Waals surface area contributed by atoms with Crippen LogP contribution in [-0.4, -0.2) is 45.9 Å². The number of carbonyl (C=O) groups excluding carboxylic acids is 1. The monoisotopic (exact) mass is 317 g/mol. The lowest BCUT2D eigenvalue weighted by atomic mass is 9.76. The van der Waals surface area contributed by atoms with Crippen molar-refractivity contribution >= 4 is 28.7 Å². The summed E-state index contributed by atoms with van der Waals surface area (Å²) in [5.74, 6) is 1.31. The molecule has 0 bridgehead atoms. The number of hydrogen-bond donors (Lipinski definition) is 0. The van der Waals surface area contributed by atoms with Crippen molar-refractivity contribution in [2.45, 2.75) is 19.3 Å². The minimum absolute atomic E-state index is 0.0877. The quantitative estimate of drug-likeness (QED) is 0.854. The van der Waals surface area contributed by atoms with Gasteiger partial charge in [-0.2, -0.15) is 8.75 Å². The van der Waals surface area contributed by atoms with Crippen LogP contribution in [0.15, 0.2) is 18.2 Å². The number of amides is 1. The summed E-state index contributed by atoms with van der Waals surface area (Å²) >= 11 is 1.18. The molecule has 1 aliphatic heterocycles. The Bertz CT molecular complexity index is 683. The van der Waals surface area contributed by atoms with E-state index in [1.807, 2.05) is 23.1 Å². The van der Waals surface area contributed by atoms with Gasteiger partial charge in [0.2, 0.25) is 0 Å². The fourth-order valence-corrected chi connectivity index (χ4v) is 3.83. The summed E-state index contributed by atoms with van der Waals surface area (Å²) in [5.41, 5.74) is 2.36. The highest BCUT2D eigenvalue weighted by atomic mass is 32.1. The lowest BCUT2D eigenvalue weighted by Crippen LogP contribution is -2.39. The van der Waals surface area contributed by atoms with Crippen molar-refractivity contribution in [3.8, 4) is 0 Å². The third-order valence-electron chi connectivity index (χ3n) is 4.90. The van der Waals surface area contributed by atoms with Crippen molar-refractivity contribution in [2.24, 2.45) is 11.8 Å². The second kappa shape index (κ2) is 5.93. The topological polar surface area (TPSA) is 55.3 Å². The first kappa shape index (κ1) is 14.1. The van der Waals surface area contributed by atoms with Gasteiger partial charge in [0.25, 0.3) is 5.91 Å². The molecular formula is C16H19N3O2S. The van der Waals surface area contributed by atoms with E-state index in [-0.39, 0.29) is 5.91 Å². The lowest BCUT2D eigenvalue weighted by molar-refractivity contribution is 0.0687. The van der Waals surface area contributed by atoms with Gasteiger partial charge in [-0.25, -0.2) is 0 Å². The first-order valence-electron chi connectivity index (χ1n) is 7.90. The Kier molecular flexibility index (Phi) is 3.80. The molecule has 1 saturated heterocycles. The lowest BCUT2D eigenvalue weighted by Gasteiger charge is -2.34. The van der Waals surface area contributed by atoms with Crippen molar-refractivity contribution in [3.05, 3.63) is 23.8 Å². The average Bonchev–Trinajstić information content (AvgIpc) is 2.82. The highest BCUT2D eigenvalue weighted by molar-refractivity contribution is 7.00. The van der Waals surface area contributed by atoms with E-state index in [1.54, 1.807) is 0 Å². The van der Waals surface area contributed by atoms with Crippen LogP contribution in [0.1, 0.15) is 29.6 Å². The van der Waals surface area contributed by atoms with Crippen LogP contribution in [0.2, 0.25) is 0 Å². The van der Waals surface area contributed by atoms with E-state index in [0.717, 1.165) is 30.1 Å². The predicted molar refractivity (Wildman–Crippen MR) is 85.0 cm³/mol. The third kappa shape index (κ3) is 2.61. The van der Waals surface area contributed by atoms with E-state index < -0.39 is 0 Å². The van der Waals surface area contributed by atoms with Crippen LogP contribution in [0.4, 0.5) is 0 Å². The van der Waals surface area contributed by atoms with Crippen LogP contribution < -0.4 is 0 Å². The van der Waals surface area contributed by atoms with Gasteiger partial charge in [-0.3, -0.25) is 4.79 Å². The number of aromatic nitrogens is 2. The van der Waals surface area contributed by atoms with Gasteiger partial charge >= 0.3 is 0 Å². The number of ether oxygens (including phenoxy) is 1. The molecule has 5 nitrogen and oxygen atoms in total. The standard InChI is InChI=1S/C16H19N3O2S/c20-16(12-4-5-14-15(8-12)18-22-17-14)19-6-7-21-10-13(9-19)11-2-1-3-11/h4-5,8,11,13H,1-3,6-7,9-10H2. The van der Waals surface area contributed by atoms with Crippen molar-refractivity contribution in [3.63, 3.8) is 0 Å². The summed E-state index contributed by atoms with van der Waals surface area (Å²) in [6.07, 6.45) is 3.89. The number of benzene rings is 1. The molecule has 0 radical (unpaired) electrons. The summed E-state index contributed by atoms with van der Waals surface area (Å²) in [6, 6.07) is 5.59. The van der Waals surface area contributed by atoms with Gasteiger partial charge in [0.05, 0.1) is 24.9 Å². The van der Waals surface area contributed by atoms with E-state index in [2.05, 4.69) is 8.75 Å². The van der Waals surface area contributed by atoms with E-state index in [4.69, 9.17) is 4.74 Å². The maximum absolute atomic E-state index is 12.8. The molecule has 1 aromatic carbocycles. The summed E-state index contributed by atoms with van der Waals surface area (Å²) in [7, 11) is 0. The van der Waals surface area contributed by atoms with E-state index in [9.17, 15) is 4.79 Å². The molecule has 2 heterocycles. The van der Waals surface area contributed by atoms with Crippen molar-refractivity contribution < 1.29 is 9.53 Å². The van der Waals surface area contributed by atoms with Gasteiger partial charge in [0.15, 0.2) is 0 Å². The molecule has 1 aliphatic carbocycles. The number of fused-ring (bicyclic) bond motifs is 1. The SMILES string of the molecule is O=C(c1ccc2nsnc2c1)N1CCOCC(C2CCC2)C1. The molecule has 1 saturated carbocycles. The Balaban J connectivity index is 1.54. The summed E-state index contributed by atoms with van der Waals surface area (Å²) in [5, 5.41) is 0. The number of rotatable bonds is 2. The van der Waals surface area contributed by atoms with Gasteiger partial charge in [-0.05, 0) is 24.1 Å². The van der Waals surface area contributed by atoms with Crippen molar-refractivity contribution in [1.82, 2.24) is 13.6 Å². The Labute approximate surface area is 133 Å². The summed E-state index contributed by atoms with van der Waals surface area (Å²) in [6.45, 7) is 2.92. The molecule has 116 valence electrons. The Morgan fingerprint density at radius 2 is 2.09 bits per heavy atom. The van der Waals surface area contributed by atoms with Crippen molar-refractivity contribution in [1.29, 1.82) is 0 Å². The molecule has 0 spiro atoms. The Hall–Kier alpha value is -1.53. The van der Waals surface area contributed by atoms with Crippen LogP contribution in [0, 0.1) is 11.8 Å². The van der Waals surface area contributed by atoms with Crippen molar-refractivity contribution in [2.75, 3.05) is 26.3 Å². The van der Waals surface area contributed by atoms with Gasteiger partial charge in [-0.15, -0.1) is 0 Å². The molecule has 1 atom stereocenters. The van der Waals surface area contributed by atoms with E-state index in [1.165, 1.54) is 31.0 Å². The zero-order chi connectivity index (χ0) is 14.9. The largest absolute Gasteiger partial charge is 0.379 e. The fraction of sp³-hybridized carbons (Fsp3) is 0.562. The highest BCUT2D eigenvalue weighted by Gasteiger charge is 2.32. The van der Waals surface area contributed by atoms with Gasteiger partial charge in [-0.1, -0.05) is 19.3 Å². The minimum atomic E-state index is 0.0877. The molecule has 2 aliphatic rings. The average molecular weight is 317 g/mol. The maximum atomic E-state index is 12.8. The molecule has 6 heteroatoms. The van der Waals surface area contributed by atoms with Gasteiger partial charge in [0, 0.05) is 24.6 Å². The predicted octanol–water partition coefficient (Wildman–Crippen LogP) is 2.58. The second-order valence-corrected chi connectivity index (χ2v) is 6.77. The minimum Gasteiger partial charge on any atom is -0.379 e. The van der Waals surface area contributed by atoms with Crippen LogP contribution in [0.25, 0.3) is 11.0 Å². The summed E-state index contributed by atoms with van der Waals surface area (Å²) < 4.78 is 14.1. The molecule has 1 amide bonds. The molecule has 0 N–H and O–H groups in total. The van der Waals surface area contributed by atoms with Gasteiger partial charge in [0.1, 0.15) is 11.0 Å². The summed E-state index contributed by atoms with van der Waals surface area (Å²) in [4.78, 5) is 14.8. The smallest absolute Gasteiger partial charge is 0.254 e. The first-order valence-corrected chi connectivity index (χ1v) is 8.63. The van der Waals surface area contributed by atoms with Gasteiger partial charge < -0.3 is 9.64 Å². The third-order valence-corrected chi connectivity index (χ3v) is 5.45. The van der Waals surface area contributed by atoms with E-state index in [0.29, 0.717) is 24.6 Å². The van der Waals surface area contributed by atoms with Crippen LogP contribution >= 0.6 is 11.7 Å². The normalized spacial score (nSPS) is 23.3. The van der Waals surface area contributed by atoms with Crippen LogP contribution in [-0.2, 0) is 4.74 Å². The highest BCUT2D eigenvalue weighted by Crippen LogP contribution is 2.35. The molecule has 2 aromatic rings. The Morgan fingerprint density at radius 3 is 2.91 bits per heavy atom. The van der Waals surface area contributed by atoms with E-state index >= 15 is 0 Å². The molecular weight excluding hydrogens is 298 g/mol. The van der Waals surface area contributed by atoms with Crippen LogP contribution in [0.5, 0.6) is 0 Å². The number of hydrogen-bond acceptors (Lipinski definition) is 5. The Morgan fingerprint density at radius 1 is 1.23 bits per heavy atom. The molecule has 4 rings (SSSR count). The molecule has 1 aromatic heterocycles. The fourth-order valence-electron chi connectivity index (χ4n) is 3.32. The molecule has 22 heavy (non-hydrogen) atoms. The molecule has 1 unspecified atom stereocenters. The number of nitrogens with zero attached hydrogens (tertiary/aromatic N) is 3. The zero-order valence-electron chi connectivity index (χ0n) is 12.4. The molecule has 2 fully saturated rings. The number of carbonyl (C=O) groups is 1. The second-order valence-electron chi connectivity index (χ2n) is 6.24. The van der Waals surface area contributed by atoms with Crippen LogP contribution in [0.3, 0.4) is 0 Å².